The fourth-order valence-electron chi connectivity index (χ4n) is 3.91. The molecule has 0 radical (unpaired) electrons. The third-order valence-electron chi connectivity index (χ3n) is 4.98. The Kier molecular flexibility index (Phi) is 3.12. The second kappa shape index (κ2) is 5.49. The maximum absolute atomic E-state index is 10.8. The lowest BCUT2D eigenvalue weighted by atomic mass is 9.90. The molecule has 0 saturated carbocycles. The summed E-state index contributed by atoms with van der Waals surface area (Å²) in [5.41, 5.74) is 6.30. The van der Waals surface area contributed by atoms with Crippen LogP contribution in [-0.4, -0.2) is 20.2 Å². The standard InChI is InChI=1S/C22H16N2O2/c25-17-8-4-7-14-11-16-20(22-23-9-10-24-22)15(13-5-2-1-3-6-13)12-18(26)21(16)19(14)17/h1-10,12,25-26H,11H2,(H,23,24). The molecule has 1 aliphatic carbocycles. The van der Waals surface area contributed by atoms with Gasteiger partial charge in [0.2, 0.25) is 0 Å². The fraction of sp³-hybridized carbons (Fsp3) is 0.0455. The average Bonchev–Trinajstić information content (AvgIpc) is 3.31. The molecule has 4 heteroatoms. The average molecular weight is 340 g/mol. The SMILES string of the molecule is Oc1cccc2c1-c1c(O)cc(-c3ccccc3)c(-c3ncc[nH]3)c1C2. The van der Waals surface area contributed by atoms with Gasteiger partial charge in [-0.25, -0.2) is 4.98 Å². The van der Waals surface area contributed by atoms with Crippen LogP contribution in [0.15, 0.2) is 67.0 Å². The van der Waals surface area contributed by atoms with E-state index < -0.39 is 0 Å². The van der Waals surface area contributed by atoms with E-state index in [4.69, 9.17) is 0 Å². The van der Waals surface area contributed by atoms with Crippen LogP contribution in [-0.2, 0) is 6.42 Å². The van der Waals surface area contributed by atoms with E-state index in [1.807, 2.05) is 42.5 Å². The summed E-state index contributed by atoms with van der Waals surface area (Å²) in [7, 11) is 0. The Hall–Kier alpha value is -3.53. The molecular weight excluding hydrogens is 324 g/mol. The van der Waals surface area contributed by atoms with Gasteiger partial charge in [0.1, 0.15) is 17.3 Å². The largest absolute Gasteiger partial charge is 0.507 e. The highest BCUT2D eigenvalue weighted by atomic mass is 16.3. The van der Waals surface area contributed by atoms with Crippen molar-refractivity contribution in [1.82, 2.24) is 9.97 Å². The van der Waals surface area contributed by atoms with Crippen molar-refractivity contribution in [3.63, 3.8) is 0 Å². The monoisotopic (exact) mass is 340 g/mol. The number of H-pyrrole nitrogens is 1. The van der Waals surface area contributed by atoms with E-state index >= 15 is 0 Å². The van der Waals surface area contributed by atoms with Gasteiger partial charge in [-0.2, -0.15) is 0 Å². The van der Waals surface area contributed by atoms with Crippen molar-refractivity contribution in [2.24, 2.45) is 0 Å². The molecule has 1 heterocycles. The van der Waals surface area contributed by atoms with Gasteiger partial charge >= 0.3 is 0 Å². The topological polar surface area (TPSA) is 69.1 Å². The zero-order valence-corrected chi connectivity index (χ0v) is 13.9. The molecule has 126 valence electrons. The van der Waals surface area contributed by atoms with Gasteiger partial charge in [-0.1, -0.05) is 42.5 Å². The van der Waals surface area contributed by atoms with Crippen LogP contribution in [0.3, 0.4) is 0 Å². The first kappa shape index (κ1) is 14.8. The number of aromatic hydroxyl groups is 2. The molecule has 0 saturated heterocycles. The molecule has 4 aromatic rings. The van der Waals surface area contributed by atoms with E-state index in [-0.39, 0.29) is 11.5 Å². The summed E-state index contributed by atoms with van der Waals surface area (Å²) in [5, 5.41) is 21.2. The zero-order chi connectivity index (χ0) is 17.7. The number of fused-ring (bicyclic) bond motifs is 3. The van der Waals surface area contributed by atoms with Crippen LogP contribution in [0, 0.1) is 0 Å². The van der Waals surface area contributed by atoms with E-state index in [2.05, 4.69) is 9.97 Å². The maximum atomic E-state index is 10.8. The van der Waals surface area contributed by atoms with Crippen molar-refractivity contribution in [3.8, 4) is 45.1 Å². The van der Waals surface area contributed by atoms with E-state index in [0.717, 1.165) is 33.6 Å². The number of hydrogen-bond donors (Lipinski definition) is 3. The lowest BCUT2D eigenvalue weighted by Gasteiger charge is -2.15. The number of hydrogen-bond acceptors (Lipinski definition) is 3. The molecule has 0 amide bonds. The van der Waals surface area contributed by atoms with E-state index in [9.17, 15) is 10.2 Å². The molecule has 3 aromatic carbocycles. The summed E-state index contributed by atoms with van der Waals surface area (Å²) in [6.45, 7) is 0. The van der Waals surface area contributed by atoms with Crippen molar-refractivity contribution in [1.29, 1.82) is 0 Å². The highest BCUT2D eigenvalue weighted by Crippen LogP contribution is 2.52. The van der Waals surface area contributed by atoms with Crippen LogP contribution in [0.2, 0.25) is 0 Å². The second-order valence-electron chi connectivity index (χ2n) is 6.46. The molecule has 26 heavy (non-hydrogen) atoms. The molecule has 0 fully saturated rings. The quantitative estimate of drug-likeness (QED) is 0.435. The predicted octanol–water partition coefficient (Wildman–Crippen LogP) is 4.73. The predicted molar refractivity (Wildman–Crippen MR) is 101 cm³/mol. The van der Waals surface area contributed by atoms with Crippen molar-refractivity contribution in [2.75, 3.05) is 0 Å². The molecular formula is C22H16N2O2. The molecule has 0 atom stereocenters. The van der Waals surface area contributed by atoms with Crippen LogP contribution >= 0.6 is 0 Å². The lowest BCUT2D eigenvalue weighted by Crippen LogP contribution is -1.95. The van der Waals surface area contributed by atoms with Gasteiger partial charge in [0.25, 0.3) is 0 Å². The van der Waals surface area contributed by atoms with Gasteiger partial charge in [-0.3, -0.25) is 0 Å². The third-order valence-corrected chi connectivity index (χ3v) is 4.98. The molecule has 0 spiro atoms. The number of aromatic nitrogens is 2. The van der Waals surface area contributed by atoms with Crippen molar-refractivity contribution >= 4 is 0 Å². The van der Waals surface area contributed by atoms with Crippen LogP contribution in [0.5, 0.6) is 11.5 Å². The minimum atomic E-state index is 0.175. The number of rotatable bonds is 2. The van der Waals surface area contributed by atoms with E-state index in [0.29, 0.717) is 17.5 Å². The Bertz CT molecular complexity index is 1120. The third kappa shape index (κ3) is 2.05. The number of nitrogens with zero attached hydrogens (tertiary/aromatic N) is 1. The summed E-state index contributed by atoms with van der Waals surface area (Å²) in [6, 6.07) is 17.2. The lowest BCUT2D eigenvalue weighted by molar-refractivity contribution is 0.469. The molecule has 0 bridgehead atoms. The number of nitrogens with one attached hydrogen (secondary N) is 1. The van der Waals surface area contributed by atoms with E-state index in [1.54, 1.807) is 24.5 Å². The van der Waals surface area contributed by atoms with Crippen molar-refractivity contribution < 1.29 is 10.2 Å². The zero-order valence-electron chi connectivity index (χ0n) is 13.9. The maximum Gasteiger partial charge on any atom is 0.138 e. The first-order valence-electron chi connectivity index (χ1n) is 8.49. The Morgan fingerprint density at radius 1 is 0.846 bits per heavy atom. The van der Waals surface area contributed by atoms with E-state index in [1.165, 1.54) is 0 Å². The highest BCUT2D eigenvalue weighted by Gasteiger charge is 2.30. The molecule has 0 aliphatic heterocycles. The van der Waals surface area contributed by atoms with Crippen LogP contribution in [0.1, 0.15) is 11.1 Å². The minimum absolute atomic E-state index is 0.175. The fourth-order valence-corrected chi connectivity index (χ4v) is 3.91. The van der Waals surface area contributed by atoms with Crippen LogP contribution in [0.4, 0.5) is 0 Å². The highest BCUT2D eigenvalue weighted by molar-refractivity contribution is 5.96. The Morgan fingerprint density at radius 2 is 1.69 bits per heavy atom. The Morgan fingerprint density at radius 3 is 2.46 bits per heavy atom. The molecule has 3 N–H and O–H groups in total. The molecule has 5 rings (SSSR count). The van der Waals surface area contributed by atoms with Gasteiger partial charge in [0.15, 0.2) is 0 Å². The Labute approximate surface area is 150 Å². The smallest absolute Gasteiger partial charge is 0.138 e. The minimum Gasteiger partial charge on any atom is -0.507 e. The van der Waals surface area contributed by atoms with Gasteiger partial charge in [-0.15, -0.1) is 0 Å². The van der Waals surface area contributed by atoms with Gasteiger partial charge < -0.3 is 15.2 Å². The molecule has 1 aliphatic rings. The number of benzene rings is 3. The van der Waals surface area contributed by atoms with Gasteiger partial charge in [0, 0.05) is 29.1 Å². The van der Waals surface area contributed by atoms with Crippen LogP contribution < -0.4 is 0 Å². The number of phenols is 2. The van der Waals surface area contributed by atoms with Gasteiger partial charge in [0.05, 0.1) is 0 Å². The summed E-state index contributed by atoms with van der Waals surface area (Å²) in [5.74, 6) is 1.12. The van der Waals surface area contributed by atoms with Crippen molar-refractivity contribution in [2.45, 2.75) is 6.42 Å². The number of phenolic OH excluding ortho intramolecular Hbond substituents is 2. The first-order chi connectivity index (χ1) is 12.7. The van der Waals surface area contributed by atoms with Crippen LogP contribution in [0.25, 0.3) is 33.6 Å². The van der Waals surface area contributed by atoms with Gasteiger partial charge in [-0.05, 0) is 40.8 Å². The molecule has 0 unspecified atom stereocenters. The first-order valence-corrected chi connectivity index (χ1v) is 8.49. The number of imidazole rings is 1. The Balaban J connectivity index is 1.88. The summed E-state index contributed by atoms with van der Waals surface area (Å²) in [6.07, 6.45) is 4.16. The summed E-state index contributed by atoms with van der Waals surface area (Å²) < 4.78 is 0. The normalized spacial score (nSPS) is 12.0. The molecule has 1 aromatic heterocycles. The summed E-state index contributed by atoms with van der Waals surface area (Å²) in [4.78, 5) is 7.66. The van der Waals surface area contributed by atoms with Crippen molar-refractivity contribution in [3.05, 3.63) is 78.1 Å². The summed E-state index contributed by atoms with van der Waals surface area (Å²) >= 11 is 0. The molecule has 4 nitrogen and oxygen atoms in total. The number of aromatic amines is 1. The second-order valence-corrected chi connectivity index (χ2v) is 6.46.